The number of aromatic nitrogens is 1. The molecule has 2 atom stereocenters. The number of halogens is 4. The lowest BCUT2D eigenvalue weighted by Gasteiger charge is -2.25. The van der Waals surface area contributed by atoms with Gasteiger partial charge in [-0.2, -0.15) is 13.2 Å². The maximum Gasteiger partial charge on any atom is 0.327 e. The molecule has 2 unspecified atom stereocenters. The number of nitrogens with one attached hydrogen (secondary N) is 1. The summed E-state index contributed by atoms with van der Waals surface area (Å²) >= 11 is 4.94. The quantitative estimate of drug-likeness (QED) is 0.369. The highest BCUT2D eigenvalue weighted by molar-refractivity contribution is 7.89. The van der Waals surface area contributed by atoms with Crippen molar-refractivity contribution in [1.82, 2.24) is 9.71 Å². The van der Waals surface area contributed by atoms with Crippen LogP contribution in [0, 0.1) is 5.95 Å². The van der Waals surface area contributed by atoms with Crippen molar-refractivity contribution in [3.63, 3.8) is 0 Å². The van der Waals surface area contributed by atoms with Crippen LogP contribution in [0.3, 0.4) is 0 Å². The predicted octanol–water partition coefficient (Wildman–Crippen LogP) is 2.79. The summed E-state index contributed by atoms with van der Waals surface area (Å²) in [7, 11) is -4.46. The molecule has 0 bridgehead atoms. The van der Waals surface area contributed by atoms with E-state index in [1.54, 1.807) is 6.07 Å². The van der Waals surface area contributed by atoms with Crippen LogP contribution in [0.15, 0.2) is 53.4 Å². The standard InChI is InChI=1S/C13H10ClF3N2O3S/c14-12(16)22-13(17,10-7-4-8-11(15)18-10)19-23(20,21)9-5-2-1-3-6-9/h1-8,12,19H. The Morgan fingerprint density at radius 2 is 1.83 bits per heavy atom. The monoisotopic (exact) mass is 366 g/mol. The number of benzene rings is 1. The van der Waals surface area contributed by atoms with Crippen LogP contribution in [0.1, 0.15) is 5.69 Å². The van der Waals surface area contributed by atoms with Gasteiger partial charge in [0.1, 0.15) is 5.69 Å². The molecule has 0 aliphatic heterocycles. The van der Waals surface area contributed by atoms with Crippen molar-refractivity contribution in [3.05, 3.63) is 60.2 Å². The molecule has 1 N–H and O–H groups in total. The number of rotatable bonds is 6. The SMILES string of the molecule is O=S(=O)(NC(F)(OC(F)Cl)c1cccc(F)n1)c1ccccc1. The van der Waals surface area contributed by atoms with Crippen molar-refractivity contribution in [2.24, 2.45) is 0 Å². The summed E-state index contributed by atoms with van der Waals surface area (Å²) in [6.45, 7) is 0. The molecule has 0 spiro atoms. The van der Waals surface area contributed by atoms with Gasteiger partial charge in [0.2, 0.25) is 16.0 Å². The van der Waals surface area contributed by atoms with Crippen molar-refractivity contribution >= 4 is 21.6 Å². The van der Waals surface area contributed by atoms with E-state index < -0.39 is 33.5 Å². The van der Waals surface area contributed by atoms with Crippen molar-refractivity contribution in [1.29, 1.82) is 0 Å². The van der Waals surface area contributed by atoms with E-state index in [0.29, 0.717) is 0 Å². The van der Waals surface area contributed by atoms with Crippen LogP contribution in [-0.2, 0) is 20.7 Å². The van der Waals surface area contributed by atoms with E-state index in [-0.39, 0.29) is 4.90 Å². The van der Waals surface area contributed by atoms with E-state index in [2.05, 4.69) is 9.72 Å². The molecule has 2 aromatic rings. The third kappa shape index (κ3) is 4.41. The first kappa shape index (κ1) is 17.7. The largest absolute Gasteiger partial charge is 0.327 e. The lowest BCUT2D eigenvalue weighted by Crippen LogP contribution is -2.46. The molecule has 5 nitrogen and oxygen atoms in total. The van der Waals surface area contributed by atoms with Gasteiger partial charge >= 0.3 is 5.98 Å². The molecular formula is C13H10ClF3N2O3S. The van der Waals surface area contributed by atoms with E-state index in [0.717, 1.165) is 18.2 Å². The lowest BCUT2D eigenvalue weighted by atomic mass is 10.3. The summed E-state index contributed by atoms with van der Waals surface area (Å²) in [6.07, 6.45) is 0. The Labute approximate surface area is 135 Å². The number of pyridine rings is 1. The molecule has 1 aromatic carbocycles. The minimum atomic E-state index is -4.46. The first-order valence-corrected chi connectivity index (χ1v) is 8.02. The molecular weight excluding hydrogens is 357 g/mol. The second-order valence-electron chi connectivity index (χ2n) is 4.24. The van der Waals surface area contributed by atoms with Gasteiger partial charge in [0, 0.05) is 0 Å². The summed E-state index contributed by atoms with van der Waals surface area (Å²) in [5.41, 5.74) is -0.847. The molecule has 0 radical (unpaired) electrons. The average Bonchev–Trinajstić information content (AvgIpc) is 2.47. The molecule has 23 heavy (non-hydrogen) atoms. The van der Waals surface area contributed by atoms with E-state index in [4.69, 9.17) is 11.6 Å². The van der Waals surface area contributed by atoms with Gasteiger partial charge in [-0.25, -0.2) is 13.4 Å². The first-order valence-electron chi connectivity index (χ1n) is 6.10. The minimum Gasteiger partial charge on any atom is -0.280 e. The zero-order valence-corrected chi connectivity index (χ0v) is 12.9. The maximum absolute atomic E-state index is 14.9. The second kappa shape index (κ2) is 6.83. The molecule has 2 rings (SSSR count). The Morgan fingerprint density at radius 3 is 2.39 bits per heavy atom. The molecule has 124 valence electrons. The van der Waals surface area contributed by atoms with Crippen LogP contribution in [0.4, 0.5) is 13.2 Å². The molecule has 0 amide bonds. The fraction of sp³-hybridized carbons (Fsp3) is 0.154. The number of alkyl halides is 3. The highest BCUT2D eigenvalue weighted by atomic mass is 35.5. The van der Waals surface area contributed by atoms with Crippen molar-refractivity contribution in [2.75, 3.05) is 0 Å². The summed E-state index contributed by atoms with van der Waals surface area (Å²) < 4.78 is 70.9. The van der Waals surface area contributed by atoms with E-state index >= 15 is 0 Å². The molecule has 0 saturated heterocycles. The Bertz CT molecular complexity index is 777. The van der Waals surface area contributed by atoms with Gasteiger partial charge in [0.15, 0.2) is 0 Å². The van der Waals surface area contributed by atoms with E-state index in [9.17, 15) is 21.6 Å². The van der Waals surface area contributed by atoms with Gasteiger partial charge in [0.05, 0.1) is 4.90 Å². The van der Waals surface area contributed by atoms with Gasteiger partial charge in [0.25, 0.3) is 5.82 Å². The normalized spacial score (nSPS) is 15.8. The van der Waals surface area contributed by atoms with Crippen LogP contribution in [0.25, 0.3) is 0 Å². The maximum atomic E-state index is 14.9. The van der Waals surface area contributed by atoms with Crippen molar-refractivity contribution in [2.45, 2.75) is 16.7 Å². The summed E-state index contributed by atoms with van der Waals surface area (Å²) in [5, 5.41) is 0. The Morgan fingerprint density at radius 1 is 1.17 bits per heavy atom. The zero-order valence-electron chi connectivity index (χ0n) is 11.3. The van der Waals surface area contributed by atoms with Crippen LogP contribution in [0.2, 0.25) is 0 Å². The Balaban J connectivity index is 2.43. The van der Waals surface area contributed by atoms with Gasteiger partial charge < -0.3 is 0 Å². The smallest absolute Gasteiger partial charge is 0.280 e. The molecule has 0 fully saturated rings. The van der Waals surface area contributed by atoms with Crippen molar-refractivity contribution < 1.29 is 26.3 Å². The average molecular weight is 367 g/mol. The number of hydrogen-bond acceptors (Lipinski definition) is 4. The van der Waals surface area contributed by atoms with Gasteiger partial charge in [-0.15, -0.1) is 4.72 Å². The number of ether oxygens (including phenoxy) is 1. The number of hydrogen-bond donors (Lipinski definition) is 1. The molecule has 0 saturated carbocycles. The molecule has 1 heterocycles. The van der Waals surface area contributed by atoms with Gasteiger partial charge in [-0.05, 0) is 24.3 Å². The fourth-order valence-electron chi connectivity index (χ4n) is 1.68. The zero-order chi connectivity index (χ0) is 17.1. The Hall–Kier alpha value is -1.68. The van der Waals surface area contributed by atoms with Gasteiger partial charge in [-0.1, -0.05) is 35.9 Å². The first-order chi connectivity index (χ1) is 10.7. The lowest BCUT2D eigenvalue weighted by molar-refractivity contribution is -0.205. The third-order valence-corrected chi connectivity index (χ3v) is 4.13. The van der Waals surface area contributed by atoms with E-state index in [1.165, 1.54) is 29.0 Å². The molecule has 10 heteroatoms. The topological polar surface area (TPSA) is 68.3 Å². The highest BCUT2D eigenvalue weighted by Gasteiger charge is 2.42. The van der Waals surface area contributed by atoms with Crippen LogP contribution < -0.4 is 4.72 Å². The summed E-state index contributed by atoms with van der Waals surface area (Å²) in [6, 6.07) is 9.55. The molecule has 0 aliphatic carbocycles. The van der Waals surface area contributed by atoms with Gasteiger partial charge in [-0.3, -0.25) is 4.74 Å². The van der Waals surface area contributed by atoms with Crippen LogP contribution in [-0.4, -0.2) is 19.2 Å². The second-order valence-corrected chi connectivity index (χ2v) is 6.26. The fourth-order valence-corrected chi connectivity index (χ4v) is 2.93. The minimum absolute atomic E-state index is 0.313. The van der Waals surface area contributed by atoms with Crippen LogP contribution >= 0.6 is 11.6 Å². The number of sulfonamides is 1. The van der Waals surface area contributed by atoms with Crippen molar-refractivity contribution in [3.8, 4) is 0 Å². The Kier molecular flexibility index (Phi) is 5.25. The van der Waals surface area contributed by atoms with Crippen LogP contribution in [0.5, 0.6) is 0 Å². The molecule has 1 aromatic heterocycles. The summed E-state index contributed by atoms with van der Waals surface area (Å²) in [4.78, 5) is 2.84. The highest BCUT2D eigenvalue weighted by Crippen LogP contribution is 2.28. The summed E-state index contributed by atoms with van der Waals surface area (Å²) in [5.74, 6) is -7.32. The third-order valence-electron chi connectivity index (χ3n) is 2.62. The predicted molar refractivity (Wildman–Crippen MR) is 75.6 cm³/mol. The number of nitrogens with zero attached hydrogens (tertiary/aromatic N) is 1. The van der Waals surface area contributed by atoms with E-state index in [1.807, 2.05) is 0 Å². The molecule has 0 aliphatic rings.